The predicted molar refractivity (Wildman–Crippen MR) is 107 cm³/mol. The van der Waals surface area contributed by atoms with Crippen LogP contribution < -0.4 is 11.1 Å². The quantitative estimate of drug-likeness (QED) is 0.439. The molecule has 1 aromatic carbocycles. The van der Waals surface area contributed by atoms with E-state index in [1.54, 1.807) is 19.9 Å². The lowest BCUT2D eigenvalue weighted by atomic mass is 10.0. The Morgan fingerprint density at radius 2 is 2.03 bits per heavy atom. The Hall–Kier alpha value is -4.13. The highest BCUT2D eigenvalue weighted by Crippen LogP contribution is 2.23. The Labute approximate surface area is 170 Å². The smallest absolute Gasteiger partial charge is 0.333 e. The zero-order chi connectivity index (χ0) is 22.0. The van der Waals surface area contributed by atoms with Crippen molar-refractivity contribution in [1.29, 1.82) is 10.7 Å². The van der Waals surface area contributed by atoms with Crippen LogP contribution in [0, 0.1) is 30.6 Å². The van der Waals surface area contributed by atoms with Crippen molar-refractivity contribution >= 4 is 23.0 Å². The SMILES string of the molecule is Cc1c(C#N)cnc(C(=O)Nc2ccc(N)c(C(=N)c3cnn(C(F)F)c3)c2)c1C. The molecule has 0 unspecified atom stereocenters. The van der Waals surface area contributed by atoms with Crippen LogP contribution in [-0.4, -0.2) is 26.4 Å². The molecule has 10 heteroatoms. The minimum Gasteiger partial charge on any atom is -0.398 e. The van der Waals surface area contributed by atoms with E-state index in [2.05, 4.69) is 15.4 Å². The fourth-order valence-electron chi connectivity index (χ4n) is 2.81. The normalized spacial score (nSPS) is 10.7. The van der Waals surface area contributed by atoms with Gasteiger partial charge in [0.15, 0.2) is 0 Å². The van der Waals surface area contributed by atoms with Crippen molar-refractivity contribution in [2.24, 2.45) is 0 Å². The third kappa shape index (κ3) is 3.86. The number of nitrogens with two attached hydrogens (primary N) is 1. The van der Waals surface area contributed by atoms with E-state index in [0.717, 1.165) is 12.4 Å². The second-order valence-electron chi connectivity index (χ2n) is 6.50. The first-order valence-electron chi connectivity index (χ1n) is 8.71. The molecule has 0 bridgehead atoms. The van der Waals surface area contributed by atoms with Crippen LogP contribution in [0.15, 0.2) is 36.8 Å². The molecule has 2 aromatic heterocycles. The summed E-state index contributed by atoms with van der Waals surface area (Å²) in [5.74, 6) is -0.493. The van der Waals surface area contributed by atoms with Crippen molar-refractivity contribution in [1.82, 2.24) is 14.8 Å². The number of aromatic nitrogens is 3. The highest BCUT2D eigenvalue weighted by Gasteiger charge is 2.17. The van der Waals surface area contributed by atoms with Gasteiger partial charge in [0.1, 0.15) is 11.8 Å². The molecular formula is C20H17F2N7O. The van der Waals surface area contributed by atoms with Crippen LogP contribution in [0.3, 0.4) is 0 Å². The predicted octanol–water partition coefficient (Wildman–Crippen LogP) is 3.41. The maximum atomic E-state index is 12.7. The number of nitrogens with zero attached hydrogens (tertiary/aromatic N) is 4. The number of carbonyl (C=O) groups excluding carboxylic acids is 1. The Morgan fingerprint density at radius 3 is 2.67 bits per heavy atom. The summed E-state index contributed by atoms with van der Waals surface area (Å²) in [5, 5.41) is 23.6. The number of hydrogen-bond donors (Lipinski definition) is 3. The number of alkyl halides is 2. The van der Waals surface area contributed by atoms with E-state index in [4.69, 9.17) is 16.4 Å². The van der Waals surface area contributed by atoms with E-state index in [9.17, 15) is 13.6 Å². The van der Waals surface area contributed by atoms with Gasteiger partial charge in [0.05, 0.1) is 17.5 Å². The molecule has 0 atom stereocenters. The second kappa shape index (κ2) is 8.08. The number of amides is 1. The second-order valence-corrected chi connectivity index (χ2v) is 6.50. The molecule has 3 rings (SSSR count). The van der Waals surface area contributed by atoms with E-state index in [-0.39, 0.29) is 28.2 Å². The third-order valence-corrected chi connectivity index (χ3v) is 4.65. The van der Waals surface area contributed by atoms with Crippen molar-refractivity contribution in [2.45, 2.75) is 20.4 Å². The van der Waals surface area contributed by atoms with Crippen molar-refractivity contribution < 1.29 is 13.6 Å². The van der Waals surface area contributed by atoms with Crippen LogP contribution in [-0.2, 0) is 0 Å². The average Bonchev–Trinajstić information content (AvgIpc) is 3.21. The summed E-state index contributed by atoms with van der Waals surface area (Å²) in [5.41, 5.74) is 8.62. The van der Waals surface area contributed by atoms with Gasteiger partial charge in [-0.05, 0) is 43.2 Å². The minimum absolute atomic E-state index is 0.112. The molecule has 2 heterocycles. The molecule has 152 valence electrons. The zero-order valence-electron chi connectivity index (χ0n) is 16.1. The van der Waals surface area contributed by atoms with Crippen molar-refractivity contribution in [2.75, 3.05) is 11.1 Å². The minimum atomic E-state index is -2.82. The summed E-state index contributed by atoms with van der Waals surface area (Å²) < 4.78 is 25.9. The van der Waals surface area contributed by atoms with Gasteiger partial charge in [0.25, 0.3) is 5.91 Å². The lowest BCUT2D eigenvalue weighted by Crippen LogP contribution is -2.17. The maximum Gasteiger partial charge on any atom is 0.333 e. The van der Waals surface area contributed by atoms with Gasteiger partial charge < -0.3 is 11.1 Å². The van der Waals surface area contributed by atoms with Crippen molar-refractivity contribution in [3.63, 3.8) is 0 Å². The van der Waals surface area contributed by atoms with Crippen molar-refractivity contribution in [3.8, 4) is 6.07 Å². The fraction of sp³-hybridized carbons (Fsp3) is 0.150. The summed E-state index contributed by atoms with van der Waals surface area (Å²) in [6.45, 7) is 0.610. The number of halogens is 2. The molecule has 0 aliphatic heterocycles. The van der Waals surface area contributed by atoms with E-state index in [1.165, 1.54) is 18.3 Å². The Morgan fingerprint density at radius 1 is 1.30 bits per heavy atom. The first-order valence-corrected chi connectivity index (χ1v) is 8.71. The molecular weight excluding hydrogens is 392 g/mol. The molecule has 0 saturated carbocycles. The van der Waals surface area contributed by atoms with Gasteiger partial charge in [-0.1, -0.05) is 0 Å². The first kappa shape index (κ1) is 20.6. The molecule has 1 amide bonds. The molecule has 4 N–H and O–H groups in total. The number of carbonyl (C=O) groups is 1. The number of nitriles is 1. The molecule has 0 saturated heterocycles. The van der Waals surface area contributed by atoms with Gasteiger partial charge in [0, 0.05) is 34.9 Å². The molecule has 8 nitrogen and oxygen atoms in total. The fourth-order valence-corrected chi connectivity index (χ4v) is 2.81. The molecule has 30 heavy (non-hydrogen) atoms. The van der Waals surface area contributed by atoms with Gasteiger partial charge in [-0.3, -0.25) is 10.2 Å². The van der Waals surface area contributed by atoms with E-state index in [0.29, 0.717) is 27.1 Å². The Kier molecular flexibility index (Phi) is 5.55. The summed E-state index contributed by atoms with van der Waals surface area (Å²) in [7, 11) is 0. The molecule has 0 radical (unpaired) electrons. The van der Waals surface area contributed by atoms with E-state index < -0.39 is 12.5 Å². The van der Waals surface area contributed by atoms with Crippen molar-refractivity contribution in [3.05, 3.63) is 70.3 Å². The Bertz CT molecular complexity index is 1190. The number of hydrogen-bond acceptors (Lipinski definition) is 6. The third-order valence-electron chi connectivity index (χ3n) is 4.65. The van der Waals surface area contributed by atoms with Gasteiger partial charge in [-0.25, -0.2) is 9.67 Å². The van der Waals surface area contributed by atoms with Crippen LogP contribution in [0.2, 0.25) is 0 Å². The first-order chi connectivity index (χ1) is 14.2. The van der Waals surface area contributed by atoms with Crippen LogP contribution >= 0.6 is 0 Å². The van der Waals surface area contributed by atoms with Crippen LogP contribution in [0.5, 0.6) is 0 Å². The highest BCUT2D eigenvalue weighted by molar-refractivity contribution is 6.14. The van der Waals surface area contributed by atoms with Gasteiger partial charge >= 0.3 is 6.55 Å². The number of benzene rings is 1. The average molecular weight is 409 g/mol. The Balaban J connectivity index is 1.88. The molecule has 0 fully saturated rings. The summed E-state index contributed by atoms with van der Waals surface area (Å²) in [6, 6.07) is 6.55. The monoisotopic (exact) mass is 409 g/mol. The lowest BCUT2D eigenvalue weighted by molar-refractivity contribution is 0.0566. The maximum absolute atomic E-state index is 12.7. The standard InChI is InChI=1S/C20H17F2N7O/c1-10-11(2)18(26-7-12(10)6-23)19(30)28-14-3-4-16(24)15(5-14)17(25)13-8-27-29(9-13)20(21)22/h3-5,7-9,20,25H,24H2,1-2H3,(H,28,30). The molecule has 3 aromatic rings. The largest absolute Gasteiger partial charge is 0.398 e. The summed E-state index contributed by atoms with van der Waals surface area (Å²) in [6.07, 6.45) is 3.53. The lowest BCUT2D eigenvalue weighted by Gasteiger charge is -2.12. The number of pyridine rings is 1. The number of nitrogens with one attached hydrogen (secondary N) is 2. The molecule has 0 spiro atoms. The highest BCUT2D eigenvalue weighted by atomic mass is 19.3. The van der Waals surface area contributed by atoms with E-state index >= 15 is 0 Å². The summed E-state index contributed by atoms with van der Waals surface area (Å²) >= 11 is 0. The van der Waals surface area contributed by atoms with E-state index in [1.807, 2.05) is 6.07 Å². The van der Waals surface area contributed by atoms with Gasteiger partial charge in [-0.15, -0.1) is 0 Å². The number of anilines is 2. The van der Waals surface area contributed by atoms with Crippen LogP contribution in [0.25, 0.3) is 0 Å². The van der Waals surface area contributed by atoms with Crippen LogP contribution in [0.4, 0.5) is 20.2 Å². The summed E-state index contributed by atoms with van der Waals surface area (Å²) in [4.78, 5) is 16.7. The molecule has 0 aliphatic rings. The number of nitrogen functional groups attached to an aromatic ring is 1. The number of rotatable bonds is 5. The van der Waals surface area contributed by atoms with Gasteiger partial charge in [-0.2, -0.15) is 19.1 Å². The van der Waals surface area contributed by atoms with Gasteiger partial charge in [0.2, 0.25) is 0 Å². The topological polar surface area (TPSA) is 133 Å². The van der Waals surface area contributed by atoms with Crippen LogP contribution in [0.1, 0.15) is 44.9 Å². The zero-order valence-corrected chi connectivity index (χ0v) is 16.1. The molecule has 0 aliphatic carbocycles.